The number of hydrogen-bond acceptors (Lipinski definition) is 4. The molecule has 1 unspecified atom stereocenters. The molecule has 4 rings (SSSR count). The van der Waals surface area contributed by atoms with Crippen LogP contribution >= 0.6 is 0 Å². The zero-order valence-electron chi connectivity index (χ0n) is 15.1. The zero-order chi connectivity index (χ0) is 19.9. The largest absolute Gasteiger partial charge is 0.616 e. The van der Waals surface area contributed by atoms with Crippen LogP contribution in [0.2, 0.25) is 0 Å². The van der Waals surface area contributed by atoms with E-state index < -0.39 is 22.9 Å². The lowest BCUT2D eigenvalue weighted by Crippen LogP contribution is -2.30. The first-order valence-electron chi connectivity index (χ1n) is 8.81. The molecule has 2 aromatic carbocycles. The average Bonchev–Trinajstić information content (AvgIpc) is 3.47. The van der Waals surface area contributed by atoms with Crippen LogP contribution in [0, 0.1) is 0 Å². The van der Waals surface area contributed by atoms with Crippen LogP contribution in [0.4, 0.5) is 19.0 Å². The summed E-state index contributed by atoms with van der Waals surface area (Å²) in [6, 6.07) is 12.4. The van der Waals surface area contributed by atoms with Crippen molar-refractivity contribution in [2.24, 2.45) is 0 Å². The van der Waals surface area contributed by atoms with Crippen molar-refractivity contribution in [3.05, 3.63) is 54.1 Å². The second-order valence-corrected chi connectivity index (χ2v) is 8.78. The summed E-state index contributed by atoms with van der Waals surface area (Å²) >= 11 is -0.919. The number of rotatable bonds is 5. The molecule has 3 aromatic rings. The van der Waals surface area contributed by atoms with Crippen molar-refractivity contribution in [2.75, 3.05) is 18.1 Å². The van der Waals surface area contributed by atoms with Crippen LogP contribution in [0.3, 0.4) is 0 Å². The van der Waals surface area contributed by atoms with Crippen molar-refractivity contribution in [3.63, 3.8) is 0 Å². The third kappa shape index (κ3) is 3.54. The van der Waals surface area contributed by atoms with Crippen LogP contribution < -0.4 is 5.32 Å². The van der Waals surface area contributed by atoms with E-state index >= 15 is 0 Å². The van der Waals surface area contributed by atoms with Crippen molar-refractivity contribution in [3.8, 4) is 11.3 Å². The van der Waals surface area contributed by atoms with E-state index in [0.29, 0.717) is 23.6 Å². The van der Waals surface area contributed by atoms with Gasteiger partial charge >= 0.3 is 6.18 Å². The molecule has 1 aromatic heterocycles. The van der Waals surface area contributed by atoms with E-state index in [1.807, 2.05) is 24.3 Å². The maximum absolute atomic E-state index is 12.8. The summed E-state index contributed by atoms with van der Waals surface area (Å²) in [6.45, 7) is 0.550. The van der Waals surface area contributed by atoms with E-state index in [1.165, 1.54) is 12.1 Å². The molecule has 1 atom stereocenters. The fraction of sp³-hybridized carbons (Fsp3) is 0.300. The molecular weight excluding hydrogens is 387 g/mol. The van der Waals surface area contributed by atoms with Gasteiger partial charge < -0.3 is 9.87 Å². The number of benzene rings is 2. The highest BCUT2D eigenvalue weighted by atomic mass is 32.2. The third-order valence-corrected chi connectivity index (χ3v) is 6.94. The Bertz CT molecular complexity index is 1000. The van der Waals surface area contributed by atoms with E-state index in [4.69, 9.17) is 0 Å². The second kappa shape index (κ2) is 6.93. The lowest BCUT2D eigenvalue weighted by atomic mass is 10.0. The van der Waals surface area contributed by atoms with Gasteiger partial charge in [0.15, 0.2) is 5.82 Å². The van der Waals surface area contributed by atoms with Gasteiger partial charge in [0.25, 0.3) is 0 Å². The van der Waals surface area contributed by atoms with Crippen molar-refractivity contribution in [1.82, 2.24) is 10.2 Å². The Morgan fingerprint density at radius 1 is 1.04 bits per heavy atom. The Labute approximate surface area is 163 Å². The Hall–Kier alpha value is -2.32. The molecule has 0 spiro atoms. The number of fused-ring (bicyclic) bond motifs is 1. The van der Waals surface area contributed by atoms with Gasteiger partial charge in [0.05, 0.1) is 18.4 Å². The molecule has 1 aliphatic rings. The van der Waals surface area contributed by atoms with Gasteiger partial charge in [0.1, 0.15) is 10.4 Å². The standard InChI is InChI=1S/C20H18F3N3OS/c1-28(27)19(10-11-19)12-24-18-16-5-3-2-4-15(16)17(25-26-18)13-6-8-14(9-7-13)20(21,22)23/h2-9H,10-12H2,1H3,(H,24,26). The molecule has 4 nitrogen and oxygen atoms in total. The topological polar surface area (TPSA) is 60.9 Å². The van der Waals surface area contributed by atoms with E-state index in [9.17, 15) is 17.7 Å². The van der Waals surface area contributed by atoms with E-state index in [0.717, 1.165) is 35.7 Å². The summed E-state index contributed by atoms with van der Waals surface area (Å²) in [5, 5.41) is 13.4. The highest BCUT2D eigenvalue weighted by molar-refractivity contribution is 7.92. The Morgan fingerprint density at radius 2 is 1.68 bits per heavy atom. The molecule has 1 heterocycles. The Morgan fingerprint density at radius 3 is 2.25 bits per heavy atom. The van der Waals surface area contributed by atoms with Gasteiger partial charge in [0, 0.05) is 29.2 Å². The molecule has 1 saturated carbocycles. The number of nitrogens with zero attached hydrogens (tertiary/aromatic N) is 2. The lowest BCUT2D eigenvalue weighted by molar-refractivity contribution is -0.137. The number of anilines is 1. The van der Waals surface area contributed by atoms with Gasteiger partial charge in [-0.1, -0.05) is 36.4 Å². The van der Waals surface area contributed by atoms with Gasteiger partial charge in [-0.25, -0.2) is 0 Å². The van der Waals surface area contributed by atoms with Gasteiger partial charge in [-0.05, 0) is 23.3 Å². The van der Waals surface area contributed by atoms with Crippen LogP contribution in [-0.4, -0.2) is 32.3 Å². The molecule has 0 bridgehead atoms. The van der Waals surface area contributed by atoms with Crippen molar-refractivity contribution >= 4 is 27.8 Å². The zero-order valence-corrected chi connectivity index (χ0v) is 15.9. The van der Waals surface area contributed by atoms with Crippen LogP contribution in [-0.2, 0) is 17.4 Å². The monoisotopic (exact) mass is 405 g/mol. The number of nitrogens with one attached hydrogen (secondary N) is 1. The first-order valence-corrected chi connectivity index (χ1v) is 10.4. The lowest BCUT2D eigenvalue weighted by Gasteiger charge is -2.19. The molecule has 146 valence electrons. The number of alkyl halides is 3. The fourth-order valence-electron chi connectivity index (χ4n) is 3.21. The minimum Gasteiger partial charge on any atom is -0.616 e. The molecule has 1 fully saturated rings. The van der Waals surface area contributed by atoms with E-state index in [1.54, 1.807) is 6.26 Å². The summed E-state index contributed by atoms with van der Waals surface area (Å²) in [4.78, 5) is 0. The minimum absolute atomic E-state index is 0.200. The number of halogens is 3. The van der Waals surface area contributed by atoms with Crippen molar-refractivity contribution < 1.29 is 17.7 Å². The summed E-state index contributed by atoms with van der Waals surface area (Å²) in [5.74, 6) is 0.586. The first-order chi connectivity index (χ1) is 13.3. The van der Waals surface area contributed by atoms with Crippen LogP contribution in [0.5, 0.6) is 0 Å². The molecular formula is C20H18F3N3OS. The van der Waals surface area contributed by atoms with E-state index in [-0.39, 0.29) is 4.75 Å². The van der Waals surface area contributed by atoms with Crippen LogP contribution in [0.1, 0.15) is 18.4 Å². The predicted molar refractivity (Wildman–Crippen MR) is 104 cm³/mol. The Balaban J connectivity index is 1.68. The maximum atomic E-state index is 12.8. The van der Waals surface area contributed by atoms with E-state index in [2.05, 4.69) is 15.5 Å². The fourth-order valence-corrected chi connectivity index (χ4v) is 4.17. The van der Waals surface area contributed by atoms with Crippen molar-refractivity contribution in [1.29, 1.82) is 0 Å². The highest BCUT2D eigenvalue weighted by Gasteiger charge is 2.52. The van der Waals surface area contributed by atoms with Crippen molar-refractivity contribution in [2.45, 2.75) is 23.8 Å². The normalized spacial score (nSPS) is 16.8. The number of aromatic nitrogens is 2. The molecule has 0 aliphatic heterocycles. The highest BCUT2D eigenvalue weighted by Crippen LogP contribution is 2.43. The Kier molecular flexibility index (Phi) is 4.71. The minimum atomic E-state index is -4.38. The summed E-state index contributed by atoms with van der Waals surface area (Å²) in [5.41, 5.74) is 0.390. The maximum Gasteiger partial charge on any atom is 0.416 e. The molecule has 1 N–H and O–H groups in total. The molecule has 0 radical (unpaired) electrons. The average molecular weight is 405 g/mol. The molecule has 28 heavy (non-hydrogen) atoms. The third-order valence-electron chi connectivity index (χ3n) is 5.17. The van der Waals surface area contributed by atoms with Gasteiger partial charge in [-0.3, -0.25) is 0 Å². The summed E-state index contributed by atoms with van der Waals surface area (Å²) in [6.07, 6.45) is -0.833. The molecule has 0 saturated heterocycles. The van der Waals surface area contributed by atoms with Gasteiger partial charge in [0.2, 0.25) is 0 Å². The summed E-state index contributed by atoms with van der Waals surface area (Å²) < 4.78 is 50.1. The molecule has 0 amide bonds. The second-order valence-electron chi connectivity index (χ2n) is 7.01. The molecule has 8 heteroatoms. The van der Waals surface area contributed by atoms with Crippen LogP contribution in [0.25, 0.3) is 22.0 Å². The first kappa shape index (κ1) is 19.0. The van der Waals surface area contributed by atoms with Gasteiger partial charge in [-0.2, -0.15) is 13.2 Å². The predicted octanol–water partition coefficient (Wildman–Crippen LogP) is 4.64. The smallest absolute Gasteiger partial charge is 0.416 e. The number of hydrogen-bond donors (Lipinski definition) is 1. The summed E-state index contributed by atoms with van der Waals surface area (Å²) in [7, 11) is 0. The quantitative estimate of drug-likeness (QED) is 0.629. The SMILES string of the molecule is C[S+]([O-])C1(CNc2nnc(-c3ccc(C(F)(F)F)cc3)c3ccccc23)CC1. The van der Waals surface area contributed by atoms with Crippen LogP contribution in [0.15, 0.2) is 48.5 Å². The molecule has 1 aliphatic carbocycles. The van der Waals surface area contributed by atoms with Gasteiger partial charge in [-0.15, -0.1) is 10.2 Å².